The Kier molecular flexibility index (Phi) is 7.48. The van der Waals surface area contributed by atoms with Crippen molar-refractivity contribution in [1.29, 1.82) is 0 Å². The predicted octanol–water partition coefficient (Wildman–Crippen LogP) is 3.55. The number of aromatic nitrogens is 2. The Bertz CT molecular complexity index is 1400. The molecule has 182 valence electrons. The summed E-state index contributed by atoms with van der Waals surface area (Å²) in [7, 11) is -1.83. The van der Waals surface area contributed by atoms with E-state index in [1.807, 2.05) is 73.1 Å². The summed E-state index contributed by atoms with van der Waals surface area (Å²) >= 11 is 0. The molecule has 0 radical (unpaired) electrons. The second-order valence-electron chi connectivity index (χ2n) is 7.98. The maximum atomic E-state index is 12.9. The minimum Gasteiger partial charge on any atom is -0.494 e. The minimum atomic E-state index is -3.75. The van der Waals surface area contributed by atoms with Gasteiger partial charge in [-0.15, -0.1) is 0 Å². The molecule has 0 spiro atoms. The largest absolute Gasteiger partial charge is 0.494 e. The van der Waals surface area contributed by atoms with Crippen molar-refractivity contribution in [3.63, 3.8) is 0 Å². The van der Waals surface area contributed by atoms with Crippen molar-refractivity contribution in [2.24, 2.45) is 7.05 Å². The lowest BCUT2D eigenvalue weighted by molar-refractivity contribution is -0.121. The van der Waals surface area contributed by atoms with Crippen LogP contribution in [0.3, 0.4) is 0 Å². The number of nitrogens with one attached hydrogen (secondary N) is 2. The molecular weight excluding hydrogens is 464 g/mol. The monoisotopic (exact) mass is 492 g/mol. The van der Waals surface area contributed by atoms with E-state index in [9.17, 15) is 13.2 Å². The van der Waals surface area contributed by atoms with E-state index in [2.05, 4.69) is 10.0 Å². The zero-order chi connectivity index (χ0) is 24.8. The van der Waals surface area contributed by atoms with Gasteiger partial charge >= 0.3 is 0 Å². The van der Waals surface area contributed by atoms with Crippen LogP contribution in [0.1, 0.15) is 30.8 Å². The van der Waals surface area contributed by atoms with Crippen molar-refractivity contribution >= 4 is 27.0 Å². The number of fused-ring (bicyclic) bond motifs is 1. The SMILES string of the molecule is CCOc1ccc(S(=O)(=O)NCCC(=O)NC(c2ccccc2)c2nc3ccccc3n2C)cc1. The molecule has 0 bridgehead atoms. The Labute approximate surface area is 205 Å². The summed E-state index contributed by atoms with van der Waals surface area (Å²) in [6.07, 6.45) is -0.0243. The summed E-state index contributed by atoms with van der Waals surface area (Å²) in [5.41, 5.74) is 2.68. The average molecular weight is 493 g/mol. The summed E-state index contributed by atoms with van der Waals surface area (Å²) in [6.45, 7) is 2.32. The van der Waals surface area contributed by atoms with E-state index in [0.717, 1.165) is 16.6 Å². The molecule has 0 aliphatic heterocycles. The summed E-state index contributed by atoms with van der Waals surface area (Å²) in [4.78, 5) is 17.7. The molecule has 0 aliphatic carbocycles. The normalized spacial score (nSPS) is 12.4. The molecule has 35 heavy (non-hydrogen) atoms. The second kappa shape index (κ2) is 10.7. The molecule has 2 N–H and O–H groups in total. The van der Waals surface area contributed by atoms with Crippen LogP contribution in [0, 0.1) is 0 Å². The molecule has 0 saturated heterocycles. The van der Waals surface area contributed by atoms with Gasteiger partial charge in [0.2, 0.25) is 15.9 Å². The molecular formula is C26H28N4O4S. The lowest BCUT2D eigenvalue weighted by Gasteiger charge is -2.19. The van der Waals surface area contributed by atoms with E-state index < -0.39 is 16.1 Å². The number of nitrogens with zero attached hydrogens (tertiary/aromatic N) is 2. The van der Waals surface area contributed by atoms with Crippen molar-refractivity contribution in [2.75, 3.05) is 13.2 Å². The number of amides is 1. The number of sulfonamides is 1. The predicted molar refractivity (Wildman–Crippen MR) is 135 cm³/mol. The number of para-hydroxylation sites is 2. The fraction of sp³-hybridized carbons (Fsp3) is 0.231. The maximum absolute atomic E-state index is 12.9. The van der Waals surface area contributed by atoms with Gasteiger partial charge in [0, 0.05) is 20.0 Å². The Morgan fingerprint density at radius 1 is 1.00 bits per heavy atom. The second-order valence-corrected chi connectivity index (χ2v) is 9.75. The van der Waals surface area contributed by atoms with Crippen LogP contribution in [0.4, 0.5) is 0 Å². The number of imidazole rings is 1. The highest BCUT2D eigenvalue weighted by Crippen LogP contribution is 2.25. The smallest absolute Gasteiger partial charge is 0.240 e. The third-order valence-corrected chi connectivity index (χ3v) is 7.08. The molecule has 4 rings (SSSR count). The van der Waals surface area contributed by atoms with E-state index in [0.29, 0.717) is 18.2 Å². The highest BCUT2D eigenvalue weighted by atomic mass is 32.2. The molecule has 0 fully saturated rings. The number of benzene rings is 3. The number of carbonyl (C=O) groups excluding carboxylic acids is 1. The average Bonchev–Trinajstić information content (AvgIpc) is 3.20. The molecule has 1 unspecified atom stereocenters. The zero-order valence-electron chi connectivity index (χ0n) is 19.6. The third kappa shape index (κ3) is 5.70. The highest BCUT2D eigenvalue weighted by Gasteiger charge is 2.23. The number of aryl methyl sites for hydroxylation is 1. The van der Waals surface area contributed by atoms with E-state index in [1.54, 1.807) is 12.1 Å². The fourth-order valence-electron chi connectivity index (χ4n) is 3.86. The van der Waals surface area contributed by atoms with Crippen LogP contribution in [0.5, 0.6) is 5.75 Å². The minimum absolute atomic E-state index is 0.0243. The first-order chi connectivity index (χ1) is 16.9. The Morgan fingerprint density at radius 3 is 2.37 bits per heavy atom. The Hall–Kier alpha value is -3.69. The van der Waals surface area contributed by atoms with Gasteiger partial charge in [-0.3, -0.25) is 4.79 Å². The van der Waals surface area contributed by atoms with Crippen LogP contribution in [0.15, 0.2) is 83.8 Å². The van der Waals surface area contributed by atoms with Crippen LogP contribution in [-0.2, 0) is 21.9 Å². The van der Waals surface area contributed by atoms with Gasteiger partial charge in [-0.1, -0.05) is 42.5 Å². The summed E-state index contributed by atoms with van der Waals surface area (Å²) in [6, 6.07) is 23.0. The standard InChI is InChI=1S/C26H28N4O4S/c1-3-34-20-13-15-21(16-14-20)35(32,33)27-18-17-24(31)29-25(19-9-5-4-6-10-19)26-28-22-11-7-8-12-23(22)30(26)2/h4-16,25,27H,3,17-18H2,1-2H3,(H,29,31). The first kappa shape index (κ1) is 24.4. The van der Waals surface area contributed by atoms with Gasteiger partial charge in [-0.2, -0.15) is 0 Å². The van der Waals surface area contributed by atoms with E-state index in [1.165, 1.54) is 12.1 Å². The third-order valence-electron chi connectivity index (χ3n) is 5.61. The van der Waals surface area contributed by atoms with Crippen LogP contribution < -0.4 is 14.8 Å². The summed E-state index contributed by atoms with van der Waals surface area (Å²) < 4.78 is 35.0. The van der Waals surface area contributed by atoms with E-state index >= 15 is 0 Å². The highest BCUT2D eigenvalue weighted by molar-refractivity contribution is 7.89. The van der Waals surface area contributed by atoms with Crippen molar-refractivity contribution < 1.29 is 17.9 Å². The number of hydrogen-bond donors (Lipinski definition) is 2. The molecule has 1 aromatic heterocycles. The summed E-state index contributed by atoms with van der Waals surface area (Å²) in [5, 5.41) is 3.03. The first-order valence-corrected chi connectivity index (χ1v) is 12.9. The van der Waals surface area contributed by atoms with Crippen LogP contribution in [0.2, 0.25) is 0 Å². The molecule has 1 amide bonds. The fourth-order valence-corrected chi connectivity index (χ4v) is 4.89. The maximum Gasteiger partial charge on any atom is 0.240 e. The Morgan fingerprint density at radius 2 is 1.69 bits per heavy atom. The lowest BCUT2D eigenvalue weighted by Crippen LogP contribution is -2.34. The Balaban J connectivity index is 1.45. The quantitative estimate of drug-likeness (QED) is 0.353. The lowest BCUT2D eigenvalue weighted by atomic mass is 10.1. The van der Waals surface area contributed by atoms with E-state index in [4.69, 9.17) is 9.72 Å². The molecule has 3 aromatic carbocycles. The van der Waals surface area contributed by atoms with Gasteiger partial charge in [-0.25, -0.2) is 18.1 Å². The summed E-state index contributed by atoms with van der Waals surface area (Å²) in [5.74, 6) is 1.00. The molecule has 9 heteroatoms. The molecule has 0 aliphatic rings. The number of carbonyl (C=O) groups is 1. The van der Waals surface area contributed by atoms with Gasteiger partial charge in [0.15, 0.2) is 0 Å². The molecule has 1 atom stereocenters. The topological polar surface area (TPSA) is 102 Å². The molecule has 4 aromatic rings. The van der Waals surface area contributed by atoms with E-state index in [-0.39, 0.29) is 23.8 Å². The van der Waals surface area contributed by atoms with Crippen molar-refractivity contribution in [3.8, 4) is 5.75 Å². The van der Waals surface area contributed by atoms with Crippen molar-refractivity contribution in [2.45, 2.75) is 24.3 Å². The van der Waals surface area contributed by atoms with Crippen LogP contribution in [-0.4, -0.2) is 37.0 Å². The van der Waals surface area contributed by atoms with Crippen LogP contribution >= 0.6 is 0 Å². The molecule has 1 heterocycles. The zero-order valence-corrected chi connectivity index (χ0v) is 20.5. The van der Waals surface area contributed by atoms with Gasteiger partial charge in [-0.05, 0) is 48.9 Å². The number of rotatable bonds is 10. The van der Waals surface area contributed by atoms with Gasteiger partial charge in [0.05, 0.1) is 22.5 Å². The number of ether oxygens (including phenoxy) is 1. The number of hydrogen-bond acceptors (Lipinski definition) is 5. The molecule has 8 nitrogen and oxygen atoms in total. The van der Waals surface area contributed by atoms with Gasteiger partial charge in [0.1, 0.15) is 17.6 Å². The van der Waals surface area contributed by atoms with Crippen LogP contribution in [0.25, 0.3) is 11.0 Å². The van der Waals surface area contributed by atoms with Crippen molar-refractivity contribution in [1.82, 2.24) is 19.6 Å². The van der Waals surface area contributed by atoms with Crippen molar-refractivity contribution in [3.05, 3.63) is 90.3 Å². The first-order valence-electron chi connectivity index (χ1n) is 11.4. The van der Waals surface area contributed by atoms with Gasteiger partial charge < -0.3 is 14.6 Å². The van der Waals surface area contributed by atoms with Gasteiger partial charge in [0.25, 0.3) is 0 Å². The molecule has 0 saturated carbocycles.